The molecule has 1 N–H and O–H groups in total. The molecule has 2 atom stereocenters. The van der Waals surface area contributed by atoms with Gasteiger partial charge in [-0.05, 0) is 54.4 Å². The highest BCUT2D eigenvalue weighted by molar-refractivity contribution is 7.91. The van der Waals surface area contributed by atoms with Crippen LogP contribution in [-0.4, -0.2) is 55.9 Å². The number of carbonyl (C=O) groups is 1. The van der Waals surface area contributed by atoms with Crippen molar-refractivity contribution in [2.24, 2.45) is 0 Å². The third-order valence-electron chi connectivity index (χ3n) is 6.59. The van der Waals surface area contributed by atoms with Crippen LogP contribution in [0.3, 0.4) is 0 Å². The van der Waals surface area contributed by atoms with Crippen LogP contribution in [0.15, 0.2) is 30.5 Å². The summed E-state index contributed by atoms with van der Waals surface area (Å²) >= 11 is 0. The van der Waals surface area contributed by atoms with Gasteiger partial charge < -0.3 is 15.0 Å². The van der Waals surface area contributed by atoms with Gasteiger partial charge in [0.15, 0.2) is 9.84 Å². The zero-order chi connectivity index (χ0) is 20.9. The minimum absolute atomic E-state index is 0. The summed E-state index contributed by atoms with van der Waals surface area (Å²) < 4.78 is 28.8. The van der Waals surface area contributed by atoms with Gasteiger partial charge in [-0.3, -0.25) is 4.79 Å². The van der Waals surface area contributed by atoms with E-state index in [1.807, 2.05) is 24.3 Å². The number of ether oxygens (including phenoxy) is 1. The fraction of sp³-hybridized carbons (Fsp3) is 0.455. The Balaban J connectivity index is 0.00000231. The molecule has 0 radical (unpaired) electrons. The molecule has 5 rings (SSSR count). The molecule has 2 fully saturated rings. The summed E-state index contributed by atoms with van der Waals surface area (Å²) in [6, 6.07) is 7.75. The van der Waals surface area contributed by atoms with E-state index in [2.05, 4.69) is 10.3 Å². The van der Waals surface area contributed by atoms with Crippen LogP contribution in [0.5, 0.6) is 5.75 Å². The zero-order valence-electron chi connectivity index (χ0n) is 17.3. The number of rotatable bonds is 4. The summed E-state index contributed by atoms with van der Waals surface area (Å²) in [5.74, 6) is 1.50. The largest absolute Gasteiger partial charge is 0.497 e. The highest BCUT2D eigenvalue weighted by Crippen LogP contribution is 2.56. The zero-order valence-corrected chi connectivity index (χ0v) is 19.0. The quantitative estimate of drug-likeness (QED) is 0.746. The number of fused-ring (bicyclic) bond motifs is 5. The third-order valence-corrected chi connectivity index (χ3v) is 8.20. The van der Waals surface area contributed by atoms with Crippen molar-refractivity contribution in [2.75, 3.05) is 37.0 Å². The van der Waals surface area contributed by atoms with E-state index in [0.29, 0.717) is 17.5 Å². The molecule has 2 unspecified atom stereocenters. The average molecular weight is 464 g/mol. The molecule has 0 spiro atoms. The smallest absolute Gasteiger partial charge is 0.272 e. The molecule has 166 valence electrons. The molecule has 1 aromatic carbocycles. The van der Waals surface area contributed by atoms with Crippen LogP contribution in [0.2, 0.25) is 0 Å². The average Bonchev–Trinajstić information content (AvgIpc) is 3.36. The van der Waals surface area contributed by atoms with Crippen LogP contribution in [0.25, 0.3) is 0 Å². The summed E-state index contributed by atoms with van der Waals surface area (Å²) in [7, 11) is -1.39. The Labute approximate surface area is 188 Å². The molecule has 2 bridgehead atoms. The Bertz CT molecular complexity index is 1110. The number of amides is 1. The van der Waals surface area contributed by atoms with Gasteiger partial charge in [-0.15, -0.1) is 12.4 Å². The van der Waals surface area contributed by atoms with Crippen molar-refractivity contribution < 1.29 is 17.9 Å². The molecule has 1 amide bonds. The first-order chi connectivity index (χ1) is 14.4. The number of aromatic nitrogens is 1. The number of hydrogen-bond donors (Lipinski definition) is 1. The van der Waals surface area contributed by atoms with Crippen molar-refractivity contribution in [3.8, 4) is 5.75 Å². The lowest BCUT2D eigenvalue weighted by Crippen LogP contribution is -2.44. The van der Waals surface area contributed by atoms with E-state index >= 15 is 0 Å². The minimum Gasteiger partial charge on any atom is -0.497 e. The normalized spacial score (nSPS) is 23.1. The maximum absolute atomic E-state index is 13.2. The second-order valence-electron chi connectivity index (χ2n) is 8.36. The topological polar surface area (TPSA) is 88.6 Å². The van der Waals surface area contributed by atoms with E-state index in [4.69, 9.17) is 4.74 Å². The van der Waals surface area contributed by atoms with Gasteiger partial charge in [0, 0.05) is 24.8 Å². The van der Waals surface area contributed by atoms with Crippen molar-refractivity contribution in [3.05, 3.63) is 47.3 Å². The van der Waals surface area contributed by atoms with E-state index in [-0.39, 0.29) is 42.9 Å². The van der Waals surface area contributed by atoms with Crippen molar-refractivity contribution in [1.82, 2.24) is 9.88 Å². The summed E-state index contributed by atoms with van der Waals surface area (Å²) in [5.41, 5.74) is 4.65. The van der Waals surface area contributed by atoms with Crippen LogP contribution in [-0.2, 0) is 9.84 Å². The lowest BCUT2D eigenvalue weighted by atomic mass is 9.89. The van der Waals surface area contributed by atoms with Crippen LogP contribution in [0, 0.1) is 0 Å². The maximum Gasteiger partial charge on any atom is 0.272 e. The van der Waals surface area contributed by atoms with Gasteiger partial charge in [-0.25, -0.2) is 13.4 Å². The lowest BCUT2D eigenvalue weighted by Gasteiger charge is -2.28. The fourth-order valence-electron chi connectivity index (χ4n) is 5.09. The molecule has 7 nitrogen and oxygen atoms in total. The van der Waals surface area contributed by atoms with Gasteiger partial charge in [-0.1, -0.05) is 6.07 Å². The van der Waals surface area contributed by atoms with Crippen molar-refractivity contribution in [1.29, 1.82) is 0 Å². The lowest BCUT2D eigenvalue weighted by molar-refractivity contribution is 0.0762. The Morgan fingerprint density at radius 2 is 1.87 bits per heavy atom. The first-order valence-corrected chi connectivity index (χ1v) is 12.2. The molecule has 2 heterocycles. The van der Waals surface area contributed by atoms with E-state index in [0.717, 1.165) is 42.0 Å². The van der Waals surface area contributed by atoms with Crippen LogP contribution >= 0.6 is 12.4 Å². The molecule has 31 heavy (non-hydrogen) atoms. The predicted molar refractivity (Wildman–Crippen MR) is 122 cm³/mol. The number of nitrogens with zero attached hydrogens (tertiary/aromatic N) is 2. The van der Waals surface area contributed by atoms with Gasteiger partial charge >= 0.3 is 0 Å². The number of carbonyl (C=O) groups excluding carboxylic acids is 1. The summed E-state index contributed by atoms with van der Waals surface area (Å²) in [5, 5.41) is 3.47. The van der Waals surface area contributed by atoms with Gasteiger partial charge in [0.25, 0.3) is 5.91 Å². The molecule has 1 saturated carbocycles. The Morgan fingerprint density at radius 3 is 2.58 bits per heavy atom. The first kappa shape index (κ1) is 21.9. The second-order valence-corrected chi connectivity index (χ2v) is 10.7. The molecule has 9 heteroatoms. The number of pyridine rings is 1. The predicted octanol–water partition coefficient (Wildman–Crippen LogP) is 3.49. The highest BCUT2D eigenvalue weighted by Gasteiger charge is 2.42. The SMILES string of the molecule is COc1cccc(Nc2cnc(C(=O)N3CCS(=O)(=O)CC3)c3c2C2CCC3C2)c1.Cl. The second kappa shape index (κ2) is 8.31. The number of anilines is 2. The van der Waals surface area contributed by atoms with Gasteiger partial charge in [0.2, 0.25) is 0 Å². The first-order valence-electron chi connectivity index (χ1n) is 10.4. The molecular formula is C22H26ClN3O4S. The number of methoxy groups -OCH3 is 1. The standard InChI is InChI=1S/C22H25N3O4S.ClH/c1-29-17-4-2-3-16(12-17)24-18-13-23-21(20-15-6-5-14(11-15)19(18)20)22(26)25-7-9-30(27,28)10-8-25;/h2-4,12-15,24H,5-11H2,1H3;1H. The number of halogens is 1. The van der Waals surface area contributed by atoms with Gasteiger partial charge in [0.1, 0.15) is 11.4 Å². The fourth-order valence-corrected chi connectivity index (χ4v) is 6.29. The van der Waals surface area contributed by atoms with Gasteiger partial charge in [0.05, 0.1) is 30.5 Å². The molecule has 1 aromatic heterocycles. The number of benzene rings is 1. The highest BCUT2D eigenvalue weighted by atomic mass is 35.5. The summed E-state index contributed by atoms with van der Waals surface area (Å²) in [4.78, 5) is 19.5. The van der Waals surface area contributed by atoms with E-state index in [9.17, 15) is 13.2 Å². The molecule has 1 saturated heterocycles. The molecular weight excluding hydrogens is 438 g/mol. The van der Waals surface area contributed by atoms with Gasteiger partial charge in [-0.2, -0.15) is 0 Å². The Kier molecular flexibility index (Phi) is 5.87. The van der Waals surface area contributed by atoms with Crippen LogP contribution in [0.1, 0.15) is 52.7 Å². The summed E-state index contributed by atoms with van der Waals surface area (Å²) in [6.45, 7) is 0.491. The molecule has 1 aliphatic heterocycles. The number of sulfone groups is 1. The molecule has 2 aliphatic carbocycles. The van der Waals surface area contributed by atoms with Crippen LogP contribution in [0.4, 0.5) is 11.4 Å². The Hall–Kier alpha value is -2.32. The van der Waals surface area contributed by atoms with Crippen LogP contribution < -0.4 is 10.1 Å². The molecule has 3 aliphatic rings. The molecule has 2 aromatic rings. The number of nitrogens with one attached hydrogen (secondary N) is 1. The maximum atomic E-state index is 13.2. The van der Waals surface area contributed by atoms with E-state index in [1.54, 1.807) is 18.2 Å². The number of hydrogen-bond acceptors (Lipinski definition) is 6. The third kappa shape index (κ3) is 3.99. The Morgan fingerprint density at radius 1 is 1.16 bits per heavy atom. The minimum atomic E-state index is -3.03. The monoisotopic (exact) mass is 463 g/mol. The van der Waals surface area contributed by atoms with Crippen molar-refractivity contribution in [3.63, 3.8) is 0 Å². The van der Waals surface area contributed by atoms with E-state index < -0.39 is 9.84 Å². The van der Waals surface area contributed by atoms with Crippen molar-refractivity contribution in [2.45, 2.75) is 31.1 Å². The van der Waals surface area contributed by atoms with Crippen molar-refractivity contribution >= 4 is 39.5 Å². The summed E-state index contributed by atoms with van der Waals surface area (Å²) in [6.07, 6.45) is 5.02. The van der Waals surface area contributed by atoms with E-state index in [1.165, 1.54) is 5.56 Å².